The van der Waals surface area contributed by atoms with Gasteiger partial charge in [0.05, 0.1) is 14.5 Å². The number of anilines is 2. The molecule has 0 bridgehead atoms. The van der Waals surface area contributed by atoms with E-state index in [4.69, 9.17) is 9.84 Å². The molecule has 3 N–H and O–H groups in total. The zero-order valence-electron chi connectivity index (χ0n) is 16.3. The molecule has 0 radical (unpaired) electrons. The second-order valence-electron chi connectivity index (χ2n) is 6.52. The van der Waals surface area contributed by atoms with Crippen molar-refractivity contribution in [2.24, 2.45) is 0 Å². The predicted molar refractivity (Wildman–Crippen MR) is 117 cm³/mol. The molecule has 0 atom stereocenters. The number of benzene rings is 2. The van der Waals surface area contributed by atoms with E-state index in [1.54, 1.807) is 6.07 Å². The summed E-state index contributed by atoms with van der Waals surface area (Å²) < 4.78 is 46.3. The first-order valence-electron chi connectivity index (χ1n) is 9.08. The fourth-order valence-electron chi connectivity index (χ4n) is 2.58. The van der Waals surface area contributed by atoms with Crippen molar-refractivity contribution in [1.29, 1.82) is 0 Å². The smallest absolute Gasteiger partial charge is 0.416 e. The lowest BCUT2D eigenvalue weighted by Gasteiger charge is -2.16. The average Bonchev–Trinajstić information content (AvgIpc) is 2.64. The first kappa shape index (κ1) is 25.0. The van der Waals surface area contributed by atoms with E-state index >= 15 is 0 Å². The molecule has 0 aliphatic carbocycles. The molecule has 0 spiro atoms. The van der Waals surface area contributed by atoms with E-state index in [0.29, 0.717) is 38.2 Å². The number of hydrogen-bond donors (Lipinski definition) is 3. The third-order valence-electron chi connectivity index (χ3n) is 3.88. The predicted octanol–water partition coefficient (Wildman–Crippen LogP) is 6.04. The van der Waals surface area contributed by atoms with Crippen molar-refractivity contribution in [1.82, 2.24) is 0 Å². The van der Waals surface area contributed by atoms with Gasteiger partial charge in [-0.15, -0.1) is 0 Å². The van der Waals surface area contributed by atoms with Gasteiger partial charge in [0.15, 0.2) is 0 Å². The van der Waals surface area contributed by atoms with Crippen LogP contribution in [0, 0.1) is 0 Å². The van der Waals surface area contributed by atoms with E-state index < -0.39 is 30.0 Å². The molecule has 2 aromatic carbocycles. The van der Waals surface area contributed by atoms with Crippen LogP contribution < -0.4 is 15.4 Å². The third kappa shape index (κ3) is 7.73. The largest absolute Gasteiger partial charge is 0.487 e. The van der Waals surface area contributed by atoms with Crippen LogP contribution >= 0.6 is 31.9 Å². The van der Waals surface area contributed by atoms with Gasteiger partial charge in [-0.05, 0) is 74.2 Å². The van der Waals surface area contributed by atoms with Gasteiger partial charge in [-0.2, -0.15) is 13.2 Å². The zero-order valence-corrected chi connectivity index (χ0v) is 19.4. The van der Waals surface area contributed by atoms with Crippen molar-refractivity contribution in [3.63, 3.8) is 0 Å². The van der Waals surface area contributed by atoms with Gasteiger partial charge in [0.1, 0.15) is 18.8 Å². The van der Waals surface area contributed by atoms with E-state index in [-0.39, 0.29) is 6.61 Å². The maximum Gasteiger partial charge on any atom is 0.416 e. The first-order chi connectivity index (χ1) is 14.5. The van der Waals surface area contributed by atoms with Gasteiger partial charge in [0.2, 0.25) is 5.91 Å². The lowest BCUT2D eigenvalue weighted by molar-refractivity contribution is -0.140. The highest BCUT2D eigenvalue weighted by Gasteiger charge is 2.31. The number of ether oxygens (including phenoxy) is 1. The van der Waals surface area contributed by atoms with Crippen molar-refractivity contribution in [2.45, 2.75) is 32.5 Å². The molecule has 0 aliphatic heterocycles. The summed E-state index contributed by atoms with van der Waals surface area (Å²) in [5.41, 5.74) is 0.222. The van der Waals surface area contributed by atoms with Gasteiger partial charge < -0.3 is 20.5 Å². The fourth-order valence-corrected chi connectivity index (χ4v) is 3.99. The van der Waals surface area contributed by atoms with Crippen molar-refractivity contribution in [3.05, 3.63) is 50.4 Å². The van der Waals surface area contributed by atoms with Crippen LogP contribution in [-0.4, -0.2) is 23.5 Å². The number of carboxylic acid groups (broad SMARTS) is 1. The molecule has 0 aromatic heterocycles. The van der Waals surface area contributed by atoms with E-state index in [1.807, 2.05) is 6.92 Å². The Morgan fingerprint density at radius 1 is 1.06 bits per heavy atom. The summed E-state index contributed by atoms with van der Waals surface area (Å²) in [5.74, 6) is -1.64. The van der Waals surface area contributed by atoms with Crippen molar-refractivity contribution in [3.8, 4) is 5.75 Å². The van der Waals surface area contributed by atoms with Crippen molar-refractivity contribution < 1.29 is 32.6 Å². The summed E-state index contributed by atoms with van der Waals surface area (Å²) in [5, 5.41) is 14.0. The molecule has 2 rings (SSSR count). The normalized spacial score (nSPS) is 11.2. The van der Waals surface area contributed by atoms with Crippen LogP contribution in [0.4, 0.5) is 24.5 Å². The Hall–Kier alpha value is -2.27. The topological polar surface area (TPSA) is 87.7 Å². The Labute approximate surface area is 193 Å². The van der Waals surface area contributed by atoms with Crippen LogP contribution in [0.5, 0.6) is 5.75 Å². The van der Waals surface area contributed by atoms with Gasteiger partial charge >= 0.3 is 12.1 Å². The summed E-state index contributed by atoms with van der Waals surface area (Å²) in [6.07, 6.45) is -4.41. The summed E-state index contributed by atoms with van der Waals surface area (Å²) in [6.45, 7) is 2.31. The molecule has 2 aromatic rings. The monoisotopic (exact) mass is 566 g/mol. The summed E-state index contributed by atoms with van der Waals surface area (Å²) in [7, 11) is 0. The lowest BCUT2D eigenvalue weighted by atomic mass is 10.1. The van der Waals surface area contributed by atoms with Crippen LogP contribution in [0.25, 0.3) is 0 Å². The van der Waals surface area contributed by atoms with Crippen LogP contribution in [0.1, 0.15) is 30.9 Å². The number of aliphatic carboxylic acids is 1. The number of amides is 1. The number of nitrogens with one attached hydrogen (secondary N) is 2. The minimum atomic E-state index is -4.49. The average molecular weight is 568 g/mol. The number of carbonyl (C=O) groups is 2. The SMILES string of the molecule is CCCNc1cc(COc2c(Br)cc(NC(=O)CC(=O)O)cc2Br)cc(C(F)(F)F)c1. The molecule has 6 nitrogen and oxygen atoms in total. The summed E-state index contributed by atoms with van der Waals surface area (Å²) >= 11 is 6.58. The minimum absolute atomic E-state index is 0.132. The molecule has 0 heterocycles. The maximum absolute atomic E-state index is 13.2. The molecular formula is C20H19Br2F3N2O4. The Kier molecular flexibility index (Phi) is 8.75. The molecule has 168 valence electrons. The Morgan fingerprint density at radius 2 is 1.71 bits per heavy atom. The molecular weight excluding hydrogens is 549 g/mol. The Bertz CT molecular complexity index is 945. The van der Waals surface area contributed by atoms with Gasteiger partial charge in [0.25, 0.3) is 0 Å². The van der Waals surface area contributed by atoms with E-state index in [1.165, 1.54) is 12.1 Å². The number of halogens is 5. The Morgan fingerprint density at radius 3 is 2.26 bits per heavy atom. The lowest BCUT2D eigenvalue weighted by Crippen LogP contribution is -2.16. The number of carboxylic acids is 1. The first-order valence-corrected chi connectivity index (χ1v) is 10.7. The maximum atomic E-state index is 13.2. The van der Waals surface area contributed by atoms with Crippen molar-refractivity contribution in [2.75, 3.05) is 17.2 Å². The fraction of sp³-hybridized carbons (Fsp3) is 0.300. The van der Waals surface area contributed by atoms with Crippen LogP contribution in [0.2, 0.25) is 0 Å². The molecule has 0 fully saturated rings. The van der Waals surface area contributed by atoms with Crippen molar-refractivity contribution >= 4 is 55.1 Å². The van der Waals surface area contributed by atoms with E-state index in [9.17, 15) is 22.8 Å². The van der Waals surface area contributed by atoms with Crippen LogP contribution in [0.15, 0.2) is 39.3 Å². The van der Waals surface area contributed by atoms with Gasteiger partial charge in [0, 0.05) is 17.9 Å². The van der Waals surface area contributed by atoms with Crippen LogP contribution in [0.3, 0.4) is 0 Å². The van der Waals surface area contributed by atoms with E-state index in [0.717, 1.165) is 18.6 Å². The number of carbonyl (C=O) groups excluding carboxylic acids is 1. The molecule has 1 amide bonds. The van der Waals surface area contributed by atoms with Crippen LogP contribution in [-0.2, 0) is 22.4 Å². The molecule has 11 heteroatoms. The zero-order chi connectivity index (χ0) is 23.2. The Balaban J connectivity index is 2.20. The number of alkyl halides is 3. The quantitative estimate of drug-likeness (QED) is 0.321. The third-order valence-corrected chi connectivity index (χ3v) is 5.05. The summed E-state index contributed by atoms with van der Waals surface area (Å²) in [4.78, 5) is 22.2. The molecule has 31 heavy (non-hydrogen) atoms. The molecule has 0 aliphatic rings. The highest BCUT2D eigenvalue weighted by Crippen LogP contribution is 2.38. The number of rotatable bonds is 9. The van der Waals surface area contributed by atoms with E-state index in [2.05, 4.69) is 42.5 Å². The minimum Gasteiger partial charge on any atom is -0.487 e. The van der Waals surface area contributed by atoms with Gasteiger partial charge in [-0.3, -0.25) is 9.59 Å². The number of hydrogen-bond acceptors (Lipinski definition) is 4. The second-order valence-corrected chi connectivity index (χ2v) is 8.23. The van der Waals surface area contributed by atoms with Gasteiger partial charge in [-0.25, -0.2) is 0 Å². The molecule has 0 unspecified atom stereocenters. The highest BCUT2D eigenvalue weighted by atomic mass is 79.9. The molecule has 0 saturated heterocycles. The highest BCUT2D eigenvalue weighted by molar-refractivity contribution is 9.11. The second kappa shape index (κ2) is 10.9. The molecule has 0 saturated carbocycles. The summed E-state index contributed by atoms with van der Waals surface area (Å²) in [6, 6.07) is 6.67. The van der Waals surface area contributed by atoms with Gasteiger partial charge in [-0.1, -0.05) is 6.92 Å². The standard InChI is InChI=1S/C20H19Br2F3N2O4/c1-2-3-26-13-5-11(4-12(6-13)20(23,24)25)10-31-19-15(21)7-14(8-16(19)22)27-17(28)9-18(29)30/h4-8,26H,2-3,9-10H2,1H3,(H,27,28)(H,29,30).